The fourth-order valence-corrected chi connectivity index (χ4v) is 3.34. The number of benzene rings is 1. The Labute approximate surface area is 145 Å². The maximum absolute atomic E-state index is 4.47. The van der Waals surface area contributed by atoms with Gasteiger partial charge in [-0.15, -0.1) is 10.2 Å². The molecule has 2 heterocycles. The third-order valence-electron chi connectivity index (χ3n) is 4.77. The van der Waals surface area contributed by atoms with Gasteiger partial charge in [-0.2, -0.15) is 4.80 Å². The summed E-state index contributed by atoms with van der Waals surface area (Å²) in [7, 11) is 0. The average molecular weight is 327 g/mol. The zero-order valence-electron chi connectivity index (χ0n) is 14.6. The number of tetrazole rings is 1. The second-order valence-corrected chi connectivity index (χ2v) is 6.75. The predicted octanol–water partition coefficient (Wildman–Crippen LogP) is 3.78. The molecule has 130 valence electrons. The molecule has 5 nitrogen and oxygen atoms in total. The SMILES string of the molecule is c1ccc(-c2nnn(CCCCCN3CCCCCCC3)n2)cc1. The van der Waals surface area contributed by atoms with E-state index in [1.807, 2.05) is 30.3 Å². The van der Waals surface area contributed by atoms with Crippen LogP contribution in [0.25, 0.3) is 11.4 Å². The Balaban J connectivity index is 1.34. The summed E-state index contributed by atoms with van der Waals surface area (Å²) in [4.78, 5) is 4.39. The predicted molar refractivity (Wildman–Crippen MR) is 96.6 cm³/mol. The largest absolute Gasteiger partial charge is 0.303 e. The van der Waals surface area contributed by atoms with Crippen molar-refractivity contribution in [2.24, 2.45) is 0 Å². The highest BCUT2D eigenvalue weighted by atomic mass is 15.6. The molecule has 0 saturated carbocycles. The van der Waals surface area contributed by atoms with E-state index in [0.29, 0.717) is 0 Å². The number of rotatable bonds is 7. The van der Waals surface area contributed by atoms with Crippen molar-refractivity contribution in [2.45, 2.75) is 57.9 Å². The molecule has 0 atom stereocenters. The Morgan fingerprint density at radius 1 is 0.792 bits per heavy atom. The normalized spacial score (nSPS) is 16.7. The Bertz CT molecular complexity index is 572. The van der Waals surface area contributed by atoms with Gasteiger partial charge in [0.05, 0.1) is 6.54 Å². The average Bonchev–Trinajstić information content (AvgIpc) is 3.06. The number of hydrogen-bond acceptors (Lipinski definition) is 4. The van der Waals surface area contributed by atoms with Crippen LogP contribution in [0.15, 0.2) is 30.3 Å². The second-order valence-electron chi connectivity index (χ2n) is 6.75. The van der Waals surface area contributed by atoms with E-state index >= 15 is 0 Å². The first kappa shape index (κ1) is 17.1. The molecule has 0 aliphatic carbocycles. The maximum atomic E-state index is 4.47. The van der Waals surface area contributed by atoms with Gasteiger partial charge >= 0.3 is 0 Å². The van der Waals surface area contributed by atoms with Crippen molar-refractivity contribution >= 4 is 0 Å². The summed E-state index contributed by atoms with van der Waals surface area (Å²) >= 11 is 0. The molecular weight excluding hydrogens is 298 g/mol. The van der Waals surface area contributed by atoms with E-state index in [-0.39, 0.29) is 0 Å². The van der Waals surface area contributed by atoms with Crippen molar-refractivity contribution < 1.29 is 0 Å². The van der Waals surface area contributed by atoms with E-state index in [1.165, 1.54) is 64.6 Å². The van der Waals surface area contributed by atoms with Crippen molar-refractivity contribution in [3.05, 3.63) is 30.3 Å². The number of aromatic nitrogens is 4. The van der Waals surface area contributed by atoms with Crippen LogP contribution >= 0.6 is 0 Å². The molecule has 1 aliphatic rings. The number of nitrogens with zero attached hydrogens (tertiary/aromatic N) is 5. The van der Waals surface area contributed by atoms with Crippen LogP contribution in [0.4, 0.5) is 0 Å². The van der Waals surface area contributed by atoms with Crippen LogP contribution in [-0.4, -0.2) is 44.7 Å². The van der Waals surface area contributed by atoms with E-state index in [0.717, 1.165) is 24.4 Å². The molecule has 5 heteroatoms. The molecule has 3 rings (SSSR count). The first-order valence-corrected chi connectivity index (χ1v) is 9.47. The highest BCUT2D eigenvalue weighted by Gasteiger charge is 2.08. The zero-order chi connectivity index (χ0) is 16.5. The number of unbranched alkanes of at least 4 members (excludes halogenated alkanes) is 2. The molecule has 2 aromatic rings. The Hall–Kier alpha value is -1.75. The molecule has 1 aromatic heterocycles. The highest BCUT2D eigenvalue weighted by Crippen LogP contribution is 2.13. The molecule has 0 unspecified atom stereocenters. The Morgan fingerprint density at radius 2 is 1.50 bits per heavy atom. The zero-order valence-corrected chi connectivity index (χ0v) is 14.6. The van der Waals surface area contributed by atoms with Gasteiger partial charge < -0.3 is 4.90 Å². The fourth-order valence-electron chi connectivity index (χ4n) is 3.34. The van der Waals surface area contributed by atoms with E-state index in [4.69, 9.17) is 0 Å². The topological polar surface area (TPSA) is 46.8 Å². The van der Waals surface area contributed by atoms with Gasteiger partial charge in [-0.05, 0) is 50.5 Å². The van der Waals surface area contributed by atoms with E-state index in [2.05, 4.69) is 20.3 Å². The minimum Gasteiger partial charge on any atom is -0.303 e. The minimum atomic E-state index is 0.719. The number of likely N-dealkylation sites (tertiary alicyclic amines) is 1. The summed E-state index contributed by atoms with van der Waals surface area (Å²) in [5.74, 6) is 0.719. The van der Waals surface area contributed by atoms with Gasteiger partial charge in [0, 0.05) is 5.56 Å². The Kier molecular flexibility index (Phi) is 6.78. The second kappa shape index (κ2) is 9.52. The van der Waals surface area contributed by atoms with E-state index in [1.54, 1.807) is 4.80 Å². The minimum absolute atomic E-state index is 0.719. The monoisotopic (exact) mass is 327 g/mol. The molecule has 0 radical (unpaired) electrons. The summed E-state index contributed by atoms with van der Waals surface area (Å²) in [6.07, 6.45) is 10.7. The number of aryl methyl sites for hydroxylation is 1. The lowest BCUT2D eigenvalue weighted by atomic mass is 10.1. The highest BCUT2D eigenvalue weighted by molar-refractivity contribution is 5.52. The molecule has 1 saturated heterocycles. The lowest BCUT2D eigenvalue weighted by Gasteiger charge is -2.24. The summed E-state index contributed by atoms with van der Waals surface area (Å²) in [5.41, 5.74) is 1.03. The molecular formula is C19H29N5. The third kappa shape index (κ3) is 5.41. The van der Waals surface area contributed by atoms with Gasteiger partial charge in [0.25, 0.3) is 0 Å². The van der Waals surface area contributed by atoms with Crippen LogP contribution in [-0.2, 0) is 6.54 Å². The van der Waals surface area contributed by atoms with Gasteiger partial charge in [-0.3, -0.25) is 0 Å². The molecule has 0 spiro atoms. The fraction of sp³-hybridized carbons (Fsp3) is 0.632. The van der Waals surface area contributed by atoms with Crippen LogP contribution in [0, 0.1) is 0 Å². The van der Waals surface area contributed by atoms with Crippen LogP contribution in [0.3, 0.4) is 0 Å². The molecule has 0 bridgehead atoms. The van der Waals surface area contributed by atoms with Gasteiger partial charge in [-0.25, -0.2) is 0 Å². The lowest BCUT2D eigenvalue weighted by Crippen LogP contribution is -2.28. The first-order chi connectivity index (χ1) is 11.9. The first-order valence-electron chi connectivity index (χ1n) is 9.47. The van der Waals surface area contributed by atoms with Crippen molar-refractivity contribution in [2.75, 3.05) is 19.6 Å². The molecule has 1 aliphatic heterocycles. The third-order valence-corrected chi connectivity index (χ3v) is 4.77. The van der Waals surface area contributed by atoms with Crippen molar-refractivity contribution in [1.82, 2.24) is 25.1 Å². The van der Waals surface area contributed by atoms with Crippen molar-refractivity contribution in [3.8, 4) is 11.4 Å². The smallest absolute Gasteiger partial charge is 0.204 e. The van der Waals surface area contributed by atoms with Gasteiger partial charge in [0.1, 0.15) is 0 Å². The number of hydrogen-bond donors (Lipinski definition) is 0. The van der Waals surface area contributed by atoms with Crippen molar-refractivity contribution in [3.63, 3.8) is 0 Å². The lowest BCUT2D eigenvalue weighted by molar-refractivity contribution is 0.241. The molecule has 1 fully saturated rings. The summed E-state index contributed by atoms with van der Waals surface area (Å²) in [6.45, 7) is 4.70. The molecule has 1 aromatic carbocycles. The van der Waals surface area contributed by atoms with Crippen LogP contribution < -0.4 is 0 Å². The van der Waals surface area contributed by atoms with Gasteiger partial charge in [0.2, 0.25) is 5.82 Å². The summed E-state index contributed by atoms with van der Waals surface area (Å²) in [5, 5.41) is 12.8. The Morgan fingerprint density at radius 3 is 2.29 bits per heavy atom. The van der Waals surface area contributed by atoms with E-state index in [9.17, 15) is 0 Å². The summed E-state index contributed by atoms with van der Waals surface area (Å²) < 4.78 is 0. The molecule has 24 heavy (non-hydrogen) atoms. The van der Waals surface area contributed by atoms with Crippen molar-refractivity contribution in [1.29, 1.82) is 0 Å². The molecule has 0 N–H and O–H groups in total. The van der Waals surface area contributed by atoms with Gasteiger partial charge in [-0.1, -0.05) is 56.0 Å². The van der Waals surface area contributed by atoms with Crippen LogP contribution in [0.5, 0.6) is 0 Å². The van der Waals surface area contributed by atoms with Gasteiger partial charge in [0.15, 0.2) is 0 Å². The standard InChI is InChI=1S/C19H29N5/c1-2-8-14-23(15-9-3-1)16-10-5-11-17-24-21-19(20-22-24)18-12-6-4-7-13-18/h4,6-7,12-13H,1-3,5,8-11,14-17H2. The molecule has 0 amide bonds. The van der Waals surface area contributed by atoms with Crippen LogP contribution in [0.2, 0.25) is 0 Å². The van der Waals surface area contributed by atoms with Crippen LogP contribution in [0.1, 0.15) is 51.4 Å². The summed E-state index contributed by atoms with van der Waals surface area (Å²) in [6, 6.07) is 10.0. The van der Waals surface area contributed by atoms with E-state index < -0.39 is 0 Å². The quantitative estimate of drug-likeness (QED) is 0.726. The maximum Gasteiger partial charge on any atom is 0.204 e.